The first-order valence-corrected chi connectivity index (χ1v) is 7.70. The second-order valence-electron chi connectivity index (χ2n) is 4.88. The minimum absolute atomic E-state index is 0.236. The minimum atomic E-state index is -0.691. The van der Waals surface area contributed by atoms with Crippen LogP contribution in [0.2, 0.25) is 0 Å². The van der Waals surface area contributed by atoms with E-state index in [9.17, 15) is 9.59 Å². The summed E-state index contributed by atoms with van der Waals surface area (Å²) < 4.78 is 5.20. The van der Waals surface area contributed by atoms with Crippen molar-refractivity contribution in [3.63, 3.8) is 0 Å². The van der Waals surface area contributed by atoms with Gasteiger partial charge in [-0.2, -0.15) is 0 Å². The van der Waals surface area contributed by atoms with Crippen molar-refractivity contribution in [1.29, 1.82) is 0 Å². The number of cyclic esters (lactones) is 1. The van der Waals surface area contributed by atoms with Crippen molar-refractivity contribution >= 4 is 23.3 Å². The molecule has 0 radical (unpaired) electrons. The predicted octanol–water partition coefficient (Wildman–Crippen LogP) is 2.88. The molecule has 108 valence electrons. The van der Waals surface area contributed by atoms with E-state index in [1.165, 1.54) is 4.90 Å². The molecule has 1 aromatic heterocycles. The van der Waals surface area contributed by atoms with Crippen LogP contribution in [0.15, 0.2) is 47.8 Å². The lowest BCUT2D eigenvalue weighted by Gasteiger charge is -2.10. The SMILES string of the molecule is O=C1OC(Cc2ccccc2)C(=O)N1CCc1cccs1. The van der Waals surface area contributed by atoms with Gasteiger partial charge in [-0.25, -0.2) is 9.69 Å². The molecule has 1 saturated heterocycles. The Morgan fingerprint density at radius 1 is 1.10 bits per heavy atom. The summed E-state index contributed by atoms with van der Waals surface area (Å²) in [5, 5.41) is 1.98. The molecule has 1 aromatic carbocycles. The number of carbonyl (C=O) groups excluding carboxylic acids is 2. The van der Waals surface area contributed by atoms with Crippen LogP contribution >= 0.6 is 11.3 Å². The van der Waals surface area contributed by atoms with Gasteiger partial charge in [-0.15, -0.1) is 11.3 Å². The number of benzene rings is 1. The molecule has 0 N–H and O–H groups in total. The van der Waals surface area contributed by atoms with Gasteiger partial charge >= 0.3 is 6.09 Å². The van der Waals surface area contributed by atoms with E-state index in [1.54, 1.807) is 11.3 Å². The molecule has 1 aliphatic heterocycles. The number of carbonyl (C=O) groups is 2. The number of rotatable bonds is 5. The first kappa shape index (κ1) is 13.8. The van der Waals surface area contributed by atoms with Crippen LogP contribution in [-0.2, 0) is 22.4 Å². The molecule has 0 saturated carbocycles. The fraction of sp³-hybridized carbons (Fsp3) is 0.250. The van der Waals surface area contributed by atoms with Gasteiger partial charge in [0.15, 0.2) is 6.10 Å². The Bertz CT molecular complexity index is 624. The highest BCUT2D eigenvalue weighted by atomic mass is 32.1. The van der Waals surface area contributed by atoms with Gasteiger partial charge in [0.1, 0.15) is 0 Å². The molecule has 5 heteroatoms. The van der Waals surface area contributed by atoms with Gasteiger partial charge in [0.05, 0.1) is 0 Å². The first-order chi connectivity index (χ1) is 10.2. The number of imide groups is 1. The summed E-state index contributed by atoms with van der Waals surface area (Å²) in [5.41, 5.74) is 0.990. The molecule has 4 nitrogen and oxygen atoms in total. The van der Waals surface area contributed by atoms with Crippen LogP contribution in [0.1, 0.15) is 10.4 Å². The third-order valence-corrected chi connectivity index (χ3v) is 4.37. The monoisotopic (exact) mass is 301 g/mol. The Balaban J connectivity index is 1.62. The fourth-order valence-corrected chi connectivity index (χ4v) is 3.03. The van der Waals surface area contributed by atoms with Gasteiger partial charge in [0, 0.05) is 24.3 Å². The number of hydrogen-bond donors (Lipinski definition) is 0. The smallest absolute Gasteiger partial charge is 0.417 e. The zero-order chi connectivity index (χ0) is 14.7. The quantitative estimate of drug-likeness (QED) is 0.853. The largest absolute Gasteiger partial charge is 0.435 e. The topological polar surface area (TPSA) is 46.6 Å². The zero-order valence-electron chi connectivity index (χ0n) is 11.4. The van der Waals surface area contributed by atoms with E-state index >= 15 is 0 Å². The van der Waals surface area contributed by atoms with Gasteiger partial charge in [-0.1, -0.05) is 36.4 Å². The third kappa shape index (κ3) is 3.13. The standard InChI is InChI=1S/C16H15NO3S/c18-15-14(11-12-5-2-1-3-6-12)20-16(19)17(15)9-8-13-7-4-10-21-13/h1-7,10,14H,8-9,11H2. The van der Waals surface area contributed by atoms with Gasteiger partial charge in [-0.3, -0.25) is 4.79 Å². The molecule has 0 spiro atoms. The number of ether oxygens (including phenoxy) is 1. The maximum atomic E-state index is 12.3. The Morgan fingerprint density at radius 2 is 1.90 bits per heavy atom. The van der Waals surface area contributed by atoms with E-state index < -0.39 is 12.2 Å². The van der Waals surface area contributed by atoms with E-state index in [2.05, 4.69) is 0 Å². The lowest BCUT2D eigenvalue weighted by atomic mass is 10.1. The van der Waals surface area contributed by atoms with Crippen molar-refractivity contribution in [1.82, 2.24) is 4.90 Å². The summed E-state index contributed by atoms with van der Waals surface area (Å²) in [7, 11) is 0. The summed E-state index contributed by atoms with van der Waals surface area (Å²) in [6.45, 7) is 0.378. The second kappa shape index (κ2) is 6.10. The van der Waals surface area contributed by atoms with Crippen molar-refractivity contribution < 1.29 is 14.3 Å². The van der Waals surface area contributed by atoms with Crippen LogP contribution in [0.25, 0.3) is 0 Å². The summed E-state index contributed by atoms with van der Waals surface area (Å²) in [6.07, 6.45) is -0.113. The van der Waals surface area contributed by atoms with Crippen molar-refractivity contribution in [2.45, 2.75) is 18.9 Å². The Morgan fingerprint density at radius 3 is 2.62 bits per heavy atom. The Labute approximate surface area is 127 Å². The molecule has 0 bridgehead atoms. The highest BCUT2D eigenvalue weighted by molar-refractivity contribution is 7.09. The van der Waals surface area contributed by atoms with Crippen molar-refractivity contribution in [2.24, 2.45) is 0 Å². The highest BCUT2D eigenvalue weighted by Gasteiger charge is 2.40. The molecule has 21 heavy (non-hydrogen) atoms. The molecule has 1 atom stereocenters. The maximum absolute atomic E-state index is 12.3. The summed E-state index contributed by atoms with van der Waals surface area (Å²) >= 11 is 1.62. The summed E-state index contributed by atoms with van der Waals surface area (Å²) in [6, 6.07) is 13.5. The molecule has 3 rings (SSSR count). The van der Waals surface area contributed by atoms with Crippen LogP contribution in [0.3, 0.4) is 0 Å². The van der Waals surface area contributed by atoms with Crippen LogP contribution in [0.4, 0.5) is 4.79 Å². The summed E-state index contributed by atoms with van der Waals surface area (Å²) in [5.74, 6) is -0.236. The highest BCUT2D eigenvalue weighted by Crippen LogP contribution is 2.19. The van der Waals surface area contributed by atoms with E-state index in [4.69, 9.17) is 4.74 Å². The second-order valence-corrected chi connectivity index (χ2v) is 5.91. The molecule has 2 heterocycles. The lowest BCUT2D eigenvalue weighted by molar-refractivity contribution is -0.129. The average molecular weight is 301 g/mol. The van der Waals surface area contributed by atoms with Crippen LogP contribution in [0, 0.1) is 0 Å². The molecule has 1 unspecified atom stereocenters. The van der Waals surface area contributed by atoms with Crippen molar-refractivity contribution in [3.8, 4) is 0 Å². The van der Waals surface area contributed by atoms with E-state index in [0.29, 0.717) is 19.4 Å². The van der Waals surface area contributed by atoms with Crippen LogP contribution in [0.5, 0.6) is 0 Å². The van der Waals surface area contributed by atoms with Gasteiger partial charge < -0.3 is 4.74 Å². The Hall–Kier alpha value is -2.14. The normalized spacial score (nSPS) is 18.1. The molecular formula is C16H15NO3S. The minimum Gasteiger partial charge on any atom is -0.435 e. The van der Waals surface area contributed by atoms with Gasteiger partial charge in [0.25, 0.3) is 5.91 Å². The Kier molecular flexibility index (Phi) is 4.01. The van der Waals surface area contributed by atoms with Crippen LogP contribution in [-0.4, -0.2) is 29.5 Å². The number of nitrogens with zero attached hydrogens (tertiary/aromatic N) is 1. The summed E-state index contributed by atoms with van der Waals surface area (Å²) in [4.78, 5) is 26.5. The first-order valence-electron chi connectivity index (χ1n) is 6.82. The van der Waals surface area contributed by atoms with Gasteiger partial charge in [0.2, 0.25) is 0 Å². The molecule has 2 amide bonds. The molecular weight excluding hydrogens is 286 g/mol. The maximum Gasteiger partial charge on any atom is 0.417 e. The lowest BCUT2D eigenvalue weighted by Crippen LogP contribution is -2.33. The number of hydrogen-bond acceptors (Lipinski definition) is 4. The van der Waals surface area contributed by atoms with Crippen molar-refractivity contribution in [2.75, 3.05) is 6.54 Å². The fourth-order valence-electron chi connectivity index (χ4n) is 2.33. The number of amides is 2. The van der Waals surface area contributed by atoms with E-state index in [1.807, 2.05) is 47.8 Å². The molecule has 1 aliphatic rings. The van der Waals surface area contributed by atoms with E-state index in [-0.39, 0.29) is 5.91 Å². The number of thiophene rings is 1. The molecule has 0 aliphatic carbocycles. The zero-order valence-corrected chi connectivity index (χ0v) is 12.2. The van der Waals surface area contributed by atoms with Crippen LogP contribution < -0.4 is 0 Å². The predicted molar refractivity (Wildman–Crippen MR) is 80.2 cm³/mol. The average Bonchev–Trinajstić information content (AvgIpc) is 3.08. The molecule has 1 fully saturated rings. The molecule has 2 aromatic rings. The van der Waals surface area contributed by atoms with Crippen molar-refractivity contribution in [3.05, 3.63) is 58.3 Å². The van der Waals surface area contributed by atoms with E-state index in [0.717, 1.165) is 10.4 Å². The van der Waals surface area contributed by atoms with Gasteiger partial charge in [-0.05, 0) is 17.0 Å². The third-order valence-electron chi connectivity index (χ3n) is 3.43.